The first-order chi connectivity index (χ1) is 14.8. The van der Waals surface area contributed by atoms with E-state index in [1.54, 1.807) is 0 Å². The summed E-state index contributed by atoms with van der Waals surface area (Å²) in [5, 5.41) is 5.67. The molecule has 0 bridgehead atoms. The van der Waals surface area contributed by atoms with Gasteiger partial charge in [-0.1, -0.05) is 54.1 Å². The highest BCUT2D eigenvalue weighted by Gasteiger charge is 2.21. The van der Waals surface area contributed by atoms with E-state index < -0.39 is 0 Å². The summed E-state index contributed by atoms with van der Waals surface area (Å²) in [5.74, 6) is 1.89. The molecule has 2 heterocycles. The Balaban J connectivity index is 1.45. The predicted octanol–water partition coefficient (Wildman–Crippen LogP) is 6.47. The van der Waals surface area contributed by atoms with Crippen LogP contribution in [0.3, 0.4) is 0 Å². The van der Waals surface area contributed by atoms with E-state index >= 15 is 0 Å². The summed E-state index contributed by atoms with van der Waals surface area (Å²) in [7, 11) is 0. The predicted molar refractivity (Wildman–Crippen MR) is 127 cm³/mol. The fraction of sp³-hybridized carbons (Fsp3) is 0.280. The maximum Gasteiger partial charge on any atom is 0.138 e. The number of anilines is 1. The molecule has 2 aromatic carbocycles. The Labute approximate surface area is 186 Å². The van der Waals surface area contributed by atoms with Crippen LogP contribution in [-0.2, 0) is 25.7 Å². The van der Waals surface area contributed by atoms with Crippen molar-refractivity contribution in [3.05, 3.63) is 87.0 Å². The number of hydrogen-bond donors (Lipinski definition) is 1. The highest BCUT2D eigenvalue weighted by atomic mass is 35.5. The van der Waals surface area contributed by atoms with Crippen molar-refractivity contribution < 1.29 is 0 Å². The summed E-state index contributed by atoms with van der Waals surface area (Å²) in [5.41, 5.74) is 3.99. The van der Waals surface area contributed by atoms with Gasteiger partial charge in [0.2, 0.25) is 0 Å². The molecule has 0 amide bonds. The van der Waals surface area contributed by atoms with E-state index in [1.807, 2.05) is 29.5 Å². The molecule has 5 heteroatoms. The second kappa shape index (κ2) is 8.75. The number of aryl methyl sites for hydroxylation is 2. The van der Waals surface area contributed by atoms with Crippen LogP contribution in [0, 0.1) is 0 Å². The molecule has 0 radical (unpaired) electrons. The van der Waals surface area contributed by atoms with Crippen LogP contribution >= 0.6 is 22.9 Å². The molecule has 0 atom stereocenters. The van der Waals surface area contributed by atoms with Crippen LogP contribution in [0.2, 0.25) is 5.02 Å². The average molecular weight is 434 g/mol. The molecule has 1 N–H and O–H groups in total. The lowest BCUT2D eigenvalue weighted by atomic mass is 9.97. The number of nitrogens with zero attached hydrogens (tertiary/aromatic N) is 2. The molecular weight excluding hydrogens is 410 g/mol. The van der Waals surface area contributed by atoms with Gasteiger partial charge in [0, 0.05) is 22.9 Å². The average Bonchev–Trinajstić information content (AvgIpc) is 3.14. The lowest BCUT2D eigenvalue weighted by Gasteiger charge is -2.13. The summed E-state index contributed by atoms with van der Waals surface area (Å²) in [6.45, 7) is 0.836. The van der Waals surface area contributed by atoms with E-state index in [2.05, 4.69) is 41.7 Å². The van der Waals surface area contributed by atoms with Crippen LogP contribution in [0.25, 0.3) is 10.2 Å². The van der Waals surface area contributed by atoms with Crippen LogP contribution in [0.15, 0.2) is 54.6 Å². The molecule has 0 unspecified atom stereocenters. The zero-order valence-electron chi connectivity index (χ0n) is 16.8. The maximum absolute atomic E-state index is 6.01. The number of rotatable bonds is 6. The van der Waals surface area contributed by atoms with Crippen molar-refractivity contribution in [3.8, 4) is 0 Å². The van der Waals surface area contributed by atoms with Crippen LogP contribution in [0.5, 0.6) is 0 Å². The molecule has 4 aromatic rings. The standard InChI is InChI=1S/C25H24ClN3S/c26-19-12-10-17(11-13-19)14-15-27-24-23-20-8-4-5-9-21(20)30-25(23)29-22(28-24)16-18-6-2-1-3-7-18/h1-3,6-7,10-13H,4-5,8-9,14-16H2,(H,27,28,29). The SMILES string of the molecule is Clc1ccc(CCNc2nc(Cc3ccccc3)nc3sc4c(c23)CCCC4)cc1. The first kappa shape index (κ1) is 19.5. The third-order valence-electron chi connectivity index (χ3n) is 5.69. The minimum atomic E-state index is 0.755. The van der Waals surface area contributed by atoms with Gasteiger partial charge in [0.1, 0.15) is 16.5 Å². The molecule has 1 aliphatic carbocycles. The van der Waals surface area contributed by atoms with Crippen molar-refractivity contribution in [1.29, 1.82) is 0 Å². The number of fused-ring (bicyclic) bond motifs is 3. The normalized spacial score (nSPS) is 13.4. The van der Waals surface area contributed by atoms with E-state index in [0.717, 1.165) is 47.3 Å². The molecule has 152 valence electrons. The quantitative estimate of drug-likeness (QED) is 0.378. The summed E-state index contributed by atoms with van der Waals surface area (Å²) in [6, 6.07) is 18.6. The van der Waals surface area contributed by atoms with Crippen molar-refractivity contribution >= 4 is 39.0 Å². The number of hydrogen-bond acceptors (Lipinski definition) is 4. The molecule has 2 aromatic heterocycles. The number of aromatic nitrogens is 2. The molecule has 0 fully saturated rings. The van der Waals surface area contributed by atoms with Crippen LogP contribution in [0.1, 0.15) is 40.2 Å². The van der Waals surface area contributed by atoms with Gasteiger partial charge in [0.25, 0.3) is 0 Å². The fourth-order valence-electron chi connectivity index (χ4n) is 4.16. The van der Waals surface area contributed by atoms with Crippen LogP contribution in [0.4, 0.5) is 5.82 Å². The zero-order chi connectivity index (χ0) is 20.3. The van der Waals surface area contributed by atoms with Gasteiger partial charge in [-0.25, -0.2) is 9.97 Å². The maximum atomic E-state index is 6.01. The molecule has 0 aliphatic heterocycles. The Hall–Kier alpha value is -2.43. The Morgan fingerprint density at radius 3 is 2.53 bits per heavy atom. The minimum Gasteiger partial charge on any atom is -0.369 e. The van der Waals surface area contributed by atoms with Gasteiger partial charge in [-0.2, -0.15) is 0 Å². The van der Waals surface area contributed by atoms with E-state index in [9.17, 15) is 0 Å². The smallest absolute Gasteiger partial charge is 0.138 e. The molecule has 0 saturated heterocycles. The first-order valence-corrected chi connectivity index (χ1v) is 11.8. The molecule has 1 aliphatic rings. The minimum absolute atomic E-state index is 0.755. The third kappa shape index (κ3) is 4.21. The van der Waals surface area contributed by atoms with Crippen molar-refractivity contribution in [1.82, 2.24) is 9.97 Å². The topological polar surface area (TPSA) is 37.8 Å². The lowest BCUT2D eigenvalue weighted by molar-refractivity contribution is 0.700. The largest absolute Gasteiger partial charge is 0.369 e. The van der Waals surface area contributed by atoms with E-state index in [0.29, 0.717) is 0 Å². The second-order valence-corrected chi connectivity index (χ2v) is 9.37. The van der Waals surface area contributed by atoms with Crippen molar-refractivity contribution in [2.75, 3.05) is 11.9 Å². The van der Waals surface area contributed by atoms with Gasteiger partial charge < -0.3 is 5.32 Å². The molecule has 30 heavy (non-hydrogen) atoms. The van der Waals surface area contributed by atoms with Crippen LogP contribution in [-0.4, -0.2) is 16.5 Å². The lowest BCUT2D eigenvalue weighted by Crippen LogP contribution is -2.10. The number of nitrogens with one attached hydrogen (secondary N) is 1. The zero-order valence-corrected chi connectivity index (χ0v) is 18.4. The van der Waals surface area contributed by atoms with E-state index in [-0.39, 0.29) is 0 Å². The molecule has 3 nitrogen and oxygen atoms in total. The van der Waals surface area contributed by atoms with Gasteiger partial charge in [0.15, 0.2) is 0 Å². The highest BCUT2D eigenvalue weighted by Crippen LogP contribution is 2.38. The van der Waals surface area contributed by atoms with Gasteiger partial charge in [-0.15, -0.1) is 11.3 Å². The Bertz CT molecular complexity index is 1150. The molecular formula is C25H24ClN3S. The number of halogens is 1. The molecule has 0 saturated carbocycles. The summed E-state index contributed by atoms with van der Waals surface area (Å²) in [4.78, 5) is 12.6. The summed E-state index contributed by atoms with van der Waals surface area (Å²) in [6.07, 6.45) is 6.55. The van der Waals surface area contributed by atoms with Crippen molar-refractivity contribution in [2.45, 2.75) is 38.5 Å². The van der Waals surface area contributed by atoms with Gasteiger partial charge in [-0.05, 0) is 60.9 Å². The van der Waals surface area contributed by atoms with Gasteiger partial charge in [0.05, 0.1) is 5.39 Å². The van der Waals surface area contributed by atoms with E-state index in [1.165, 1.54) is 46.2 Å². The molecule has 5 rings (SSSR count). The first-order valence-electron chi connectivity index (χ1n) is 10.6. The second-order valence-electron chi connectivity index (χ2n) is 7.85. The fourth-order valence-corrected chi connectivity index (χ4v) is 5.57. The number of benzene rings is 2. The highest BCUT2D eigenvalue weighted by molar-refractivity contribution is 7.19. The summed E-state index contributed by atoms with van der Waals surface area (Å²) >= 11 is 7.88. The van der Waals surface area contributed by atoms with Crippen molar-refractivity contribution in [3.63, 3.8) is 0 Å². The Morgan fingerprint density at radius 2 is 1.70 bits per heavy atom. The third-order valence-corrected chi connectivity index (χ3v) is 7.12. The van der Waals surface area contributed by atoms with Crippen LogP contribution < -0.4 is 5.32 Å². The van der Waals surface area contributed by atoms with Gasteiger partial charge >= 0.3 is 0 Å². The monoisotopic (exact) mass is 433 g/mol. The Kier molecular flexibility index (Phi) is 5.69. The summed E-state index contributed by atoms with van der Waals surface area (Å²) < 4.78 is 0. The Morgan fingerprint density at radius 1 is 0.900 bits per heavy atom. The molecule has 0 spiro atoms. The van der Waals surface area contributed by atoms with Gasteiger partial charge in [-0.3, -0.25) is 0 Å². The number of thiophene rings is 1. The van der Waals surface area contributed by atoms with E-state index in [4.69, 9.17) is 21.6 Å². The van der Waals surface area contributed by atoms with Crippen molar-refractivity contribution in [2.24, 2.45) is 0 Å².